The summed E-state index contributed by atoms with van der Waals surface area (Å²) in [6, 6.07) is 12.9. The van der Waals surface area contributed by atoms with Gasteiger partial charge in [-0.2, -0.15) is 0 Å². The quantitative estimate of drug-likeness (QED) is 0.743. The maximum absolute atomic E-state index is 12.7. The summed E-state index contributed by atoms with van der Waals surface area (Å²) >= 11 is 1.76. The van der Waals surface area contributed by atoms with E-state index in [1.54, 1.807) is 42.0 Å². The minimum atomic E-state index is -0.535. The van der Waals surface area contributed by atoms with E-state index in [2.05, 4.69) is 6.92 Å². The third-order valence-corrected chi connectivity index (χ3v) is 5.75. The predicted molar refractivity (Wildman–Crippen MR) is 107 cm³/mol. The van der Waals surface area contributed by atoms with Gasteiger partial charge in [0.1, 0.15) is 5.75 Å². The molecule has 142 valence electrons. The van der Waals surface area contributed by atoms with Crippen LogP contribution in [0.4, 0.5) is 5.69 Å². The van der Waals surface area contributed by atoms with Crippen LogP contribution in [0, 0.1) is 6.92 Å². The molecule has 2 aromatic rings. The molecule has 0 unspecified atom stereocenters. The molecule has 0 radical (unpaired) electrons. The molecule has 27 heavy (non-hydrogen) atoms. The van der Waals surface area contributed by atoms with Crippen molar-refractivity contribution in [3.05, 3.63) is 53.6 Å². The monoisotopic (exact) mass is 385 g/mol. The van der Waals surface area contributed by atoms with Gasteiger partial charge in [-0.1, -0.05) is 25.1 Å². The van der Waals surface area contributed by atoms with E-state index in [-0.39, 0.29) is 12.5 Å². The van der Waals surface area contributed by atoms with Crippen molar-refractivity contribution in [1.82, 2.24) is 0 Å². The van der Waals surface area contributed by atoms with Gasteiger partial charge < -0.3 is 14.4 Å². The van der Waals surface area contributed by atoms with Crippen LogP contribution >= 0.6 is 11.8 Å². The van der Waals surface area contributed by atoms with Gasteiger partial charge in [0.2, 0.25) is 0 Å². The van der Waals surface area contributed by atoms with Crippen LogP contribution in [0.2, 0.25) is 0 Å². The molecule has 0 fully saturated rings. The molecule has 0 N–H and O–H groups in total. The second-order valence-electron chi connectivity index (χ2n) is 6.49. The summed E-state index contributed by atoms with van der Waals surface area (Å²) in [5.74, 6) is -0.139. The number of aryl methyl sites for hydroxylation is 1. The average molecular weight is 385 g/mol. The highest BCUT2D eigenvalue weighted by molar-refractivity contribution is 8.00. The normalized spacial score (nSPS) is 16.3. The van der Waals surface area contributed by atoms with E-state index in [4.69, 9.17) is 9.47 Å². The molecule has 0 saturated heterocycles. The van der Waals surface area contributed by atoms with Gasteiger partial charge in [-0.15, -0.1) is 11.8 Å². The Kier molecular flexibility index (Phi) is 6.06. The zero-order chi connectivity index (χ0) is 19.4. The van der Waals surface area contributed by atoms with Crippen molar-refractivity contribution in [2.45, 2.75) is 30.4 Å². The Hall–Kier alpha value is -2.47. The Bertz CT molecular complexity index is 852. The number of benzene rings is 2. The lowest BCUT2D eigenvalue weighted by molar-refractivity contribution is -0.121. The first-order valence-corrected chi connectivity index (χ1v) is 9.75. The number of hydrogen-bond acceptors (Lipinski definition) is 5. The lowest BCUT2D eigenvalue weighted by Crippen LogP contribution is -2.35. The van der Waals surface area contributed by atoms with Crippen LogP contribution in [-0.2, 0) is 9.53 Å². The van der Waals surface area contributed by atoms with Crippen LogP contribution in [0.3, 0.4) is 0 Å². The summed E-state index contributed by atoms with van der Waals surface area (Å²) in [5.41, 5.74) is 2.17. The lowest BCUT2D eigenvalue weighted by atomic mass is 10.1. The average Bonchev–Trinajstić information content (AvgIpc) is 2.84. The van der Waals surface area contributed by atoms with Crippen molar-refractivity contribution in [3.63, 3.8) is 0 Å². The van der Waals surface area contributed by atoms with E-state index in [1.807, 2.05) is 31.2 Å². The van der Waals surface area contributed by atoms with Gasteiger partial charge in [0.15, 0.2) is 6.61 Å². The van der Waals surface area contributed by atoms with E-state index in [0.29, 0.717) is 23.1 Å². The number of hydrogen-bond donors (Lipinski definition) is 0. The molecular weight excluding hydrogens is 362 g/mol. The molecular formula is C21H23NO4S. The third kappa shape index (κ3) is 4.45. The van der Waals surface area contributed by atoms with E-state index in [0.717, 1.165) is 22.6 Å². The maximum atomic E-state index is 12.7. The fraction of sp³-hybridized carbons (Fsp3) is 0.333. The number of methoxy groups -OCH3 is 1. The number of rotatable bonds is 4. The summed E-state index contributed by atoms with van der Waals surface area (Å²) in [5, 5.41) is 0.423. The lowest BCUT2D eigenvalue weighted by Gasteiger charge is -2.22. The summed E-state index contributed by atoms with van der Waals surface area (Å²) in [7, 11) is 1.55. The highest BCUT2D eigenvalue weighted by Gasteiger charge is 2.25. The number of anilines is 1. The fourth-order valence-corrected chi connectivity index (χ4v) is 4.09. The maximum Gasteiger partial charge on any atom is 0.338 e. The Balaban J connectivity index is 1.70. The number of amides is 1. The molecule has 0 aliphatic carbocycles. The smallest absolute Gasteiger partial charge is 0.338 e. The first kappa shape index (κ1) is 19.3. The van der Waals surface area contributed by atoms with Crippen molar-refractivity contribution in [2.24, 2.45) is 0 Å². The highest BCUT2D eigenvalue weighted by atomic mass is 32.2. The number of thioether (sulfide) groups is 1. The van der Waals surface area contributed by atoms with Gasteiger partial charge in [-0.25, -0.2) is 4.79 Å². The van der Waals surface area contributed by atoms with E-state index in [9.17, 15) is 9.59 Å². The molecule has 0 bridgehead atoms. The number of fused-ring (bicyclic) bond motifs is 1. The SMILES string of the molecule is COc1cc(C(=O)OCC(=O)N2CC[C@H](C)Sc3ccccc32)ccc1C. The first-order valence-electron chi connectivity index (χ1n) is 8.87. The van der Waals surface area contributed by atoms with E-state index in [1.165, 1.54) is 0 Å². The number of carbonyl (C=O) groups is 2. The summed E-state index contributed by atoms with van der Waals surface area (Å²) in [6.45, 7) is 4.37. The molecule has 1 heterocycles. The number of nitrogens with zero attached hydrogens (tertiary/aromatic N) is 1. The number of para-hydroxylation sites is 1. The molecule has 0 aromatic heterocycles. The minimum absolute atomic E-state index is 0.218. The zero-order valence-corrected chi connectivity index (χ0v) is 16.5. The standard InChI is InChI=1S/C21H23NO4S/c1-14-8-9-16(12-18(14)25-3)21(24)26-13-20(23)22-11-10-15(2)27-19-7-5-4-6-17(19)22/h4-9,12,15H,10-11,13H2,1-3H3/t15-/m0/s1. The zero-order valence-electron chi connectivity index (χ0n) is 15.7. The predicted octanol–water partition coefficient (Wildman–Crippen LogP) is 4.08. The molecule has 2 aromatic carbocycles. The Morgan fingerprint density at radius 2 is 2.00 bits per heavy atom. The summed E-state index contributed by atoms with van der Waals surface area (Å²) in [6.07, 6.45) is 0.883. The van der Waals surface area contributed by atoms with Gasteiger partial charge in [-0.3, -0.25) is 4.79 Å². The van der Waals surface area contributed by atoms with E-state index < -0.39 is 5.97 Å². The Labute approximate surface area is 163 Å². The minimum Gasteiger partial charge on any atom is -0.496 e. The topological polar surface area (TPSA) is 55.8 Å². The first-order chi connectivity index (χ1) is 13.0. The molecule has 3 rings (SSSR count). The van der Waals surface area contributed by atoms with Crippen LogP contribution in [-0.4, -0.2) is 37.4 Å². The number of esters is 1. The second-order valence-corrected chi connectivity index (χ2v) is 7.97. The largest absolute Gasteiger partial charge is 0.496 e. The third-order valence-electron chi connectivity index (χ3n) is 4.51. The Morgan fingerprint density at radius 3 is 2.78 bits per heavy atom. The number of carbonyl (C=O) groups excluding carboxylic acids is 2. The van der Waals surface area contributed by atoms with Crippen LogP contribution in [0.25, 0.3) is 0 Å². The second kappa shape index (κ2) is 8.48. The molecule has 1 aliphatic heterocycles. The van der Waals surface area contributed by atoms with Gasteiger partial charge >= 0.3 is 5.97 Å². The molecule has 1 atom stereocenters. The Morgan fingerprint density at radius 1 is 1.22 bits per heavy atom. The summed E-state index contributed by atoms with van der Waals surface area (Å²) < 4.78 is 10.5. The van der Waals surface area contributed by atoms with Crippen LogP contribution in [0.5, 0.6) is 5.75 Å². The van der Waals surface area contributed by atoms with Crippen LogP contribution in [0.15, 0.2) is 47.4 Å². The molecule has 0 saturated carbocycles. The van der Waals surface area contributed by atoms with Crippen molar-refractivity contribution >= 4 is 29.3 Å². The number of ether oxygens (including phenoxy) is 2. The van der Waals surface area contributed by atoms with Crippen molar-refractivity contribution < 1.29 is 19.1 Å². The van der Waals surface area contributed by atoms with Crippen molar-refractivity contribution in [2.75, 3.05) is 25.2 Å². The van der Waals surface area contributed by atoms with Gasteiger partial charge in [0.25, 0.3) is 5.91 Å². The van der Waals surface area contributed by atoms with Crippen molar-refractivity contribution in [1.29, 1.82) is 0 Å². The van der Waals surface area contributed by atoms with Gasteiger partial charge in [0, 0.05) is 16.7 Å². The molecule has 5 nitrogen and oxygen atoms in total. The highest BCUT2D eigenvalue weighted by Crippen LogP contribution is 2.37. The fourth-order valence-electron chi connectivity index (χ4n) is 2.98. The molecule has 1 aliphatic rings. The summed E-state index contributed by atoms with van der Waals surface area (Å²) in [4.78, 5) is 27.9. The van der Waals surface area contributed by atoms with Gasteiger partial charge in [0.05, 0.1) is 18.4 Å². The molecule has 1 amide bonds. The van der Waals surface area contributed by atoms with E-state index >= 15 is 0 Å². The van der Waals surface area contributed by atoms with Crippen molar-refractivity contribution in [3.8, 4) is 5.75 Å². The van der Waals surface area contributed by atoms with Gasteiger partial charge in [-0.05, 0) is 43.2 Å². The van der Waals surface area contributed by atoms with Crippen LogP contribution < -0.4 is 9.64 Å². The van der Waals surface area contributed by atoms with Crippen LogP contribution in [0.1, 0.15) is 29.3 Å². The molecule has 0 spiro atoms. The molecule has 6 heteroatoms.